The summed E-state index contributed by atoms with van der Waals surface area (Å²) in [5, 5.41) is 14.0. The topological polar surface area (TPSA) is 101 Å². The highest BCUT2D eigenvalue weighted by Crippen LogP contribution is 2.41. The standard InChI is InChI=1S/C23H22ClN3O5/c1-14-6-11-17-19(12-14)23(30)26(22(17)29)25(13-15-7-9-16(24)10-8-15)21(28)18-4-2-3-5-20(18)27(31)32/h2-5,7-10,14,17,19H,6,11-13H2,1H3/t14-,17-,19+/m1/s1. The lowest BCUT2D eigenvalue weighted by Crippen LogP contribution is -2.49. The Morgan fingerprint density at radius 1 is 1.09 bits per heavy atom. The van der Waals surface area contributed by atoms with E-state index in [1.807, 2.05) is 6.92 Å². The lowest BCUT2D eigenvalue weighted by atomic mass is 9.76. The number of hydrogen-bond donors (Lipinski definition) is 0. The van der Waals surface area contributed by atoms with E-state index < -0.39 is 34.5 Å². The number of hydrazine groups is 1. The van der Waals surface area contributed by atoms with Gasteiger partial charge in [-0.1, -0.05) is 42.8 Å². The van der Waals surface area contributed by atoms with Gasteiger partial charge in [0.25, 0.3) is 23.4 Å². The summed E-state index contributed by atoms with van der Waals surface area (Å²) >= 11 is 5.96. The van der Waals surface area contributed by atoms with Crippen molar-refractivity contribution in [2.45, 2.75) is 32.7 Å². The van der Waals surface area contributed by atoms with Gasteiger partial charge in [0, 0.05) is 11.1 Å². The van der Waals surface area contributed by atoms with Gasteiger partial charge in [0.15, 0.2) is 0 Å². The van der Waals surface area contributed by atoms with Crippen LogP contribution in [-0.4, -0.2) is 32.7 Å². The first-order chi connectivity index (χ1) is 15.3. The number of nitro groups is 1. The summed E-state index contributed by atoms with van der Waals surface area (Å²) in [7, 11) is 0. The number of carbonyl (C=O) groups is 3. The summed E-state index contributed by atoms with van der Waals surface area (Å²) in [6.07, 6.45) is 2.00. The van der Waals surface area contributed by atoms with Crippen molar-refractivity contribution in [3.8, 4) is 0 Å². The Bertz CT molecular complexity index is 1090. The Hall–Kier alpha value is -3.26. The molecule has 0 unspecified atom stereocenters. The number of rotatable bonds is 5. The van der Waals surface area contributed by atoms with Crippen molar-refractivity contribution in [1.29, 1.82) is 0 Å². The van der Waals surface area contributed by atoms with Gasteiger partial charge >= 0.3 is 0 Å². The fraction of sp³-hybridized carbons (Fsp3) is 0.348. The molecule has 1 saturated carbocycles. The van der Waals surface area contributed by atoms with Gasteiger partial charge in [-0.25, -0.2) is 5.01 Å². The molecule has 0 spiro atoms. The number of fused-ring (bicyclic) bond motifs is 1. The summed E-state index contributed by atoms with van der Waals surface area (Å²) in [5.74, 6) is -2.26. The largest absolute Gasteiger partial charge is 0.282 e. The number of benzene rings is 2. The number of imide groups is 1. The van der Waals surface area contributed by atoms with E-state index >= 15 is 0 Å². The van der Waals surface area contributed by atoms with Gasteiger partial charge in [-0.15, -0.1) is 0 Å². The minimum absolute atomic E-state index is 0.103. The molecule has 1 aliphatic carbocycles. The van der Waals surface area contributed by atoms with Gasteiger partial charge in [-0.05, 0) is 48.9 Å². The number of nitro benzene ring substituents is 1. The molecule has 2 aliphatic rings. The molecule has 4 rings (SSSR count). The zero-order chi connectivity index (χ0) is 23.0. The minimum Gasteiger partial charge on any atom is -0.272 e. The van der Waals surface area contributed by atoms with E-state index in [0.717, 1.165) is 16.4 Å². The van der Waals surface area contributed by atoms with Crippen molar-refractivity contribution in [3.05, 3.63) is 74.8 Å². The Morgan fingerprint density at radius 2 is 1.75 bits per heavy atom. The molecule has 0 radical (unpaired) electrons. The quantitative estimate of drug-likeness (QED) is 0.381. The van der Waals surface area contributed by atoms with Crippen LogP contribution < -0.4 is 0 Å². The van der Waals surface area contributed by atoms with E-state index in [1.165, 1.54) is 24.3 Å². The minimum atomic E-state index is -0.777. The normalized spacial score (nSPS) is 22.6. The Kier molecular flexibility index (Phi) is 5.97. The Labute approximate surface area is 189 Å². The van der Waals surface area contributed by atoms with E-state index in [2.05, 4.69) is 0 Å². The van der Waals surface area contributed by atoms with Crippen molar-refractivity contribution in [1.82, 2.24) is 10.0 Å². The second-order valence-corrected chi connectivity index (χ2v) is 8.82. The van der Waals surface area contributed by atoms with Gasteiger partial charge in [-0.3, -0.25) is 24.5 Å². The van der Waals surface area contributed by atoms with Gasteiger partial charge in [0.1, 0.15) is 5.56 Å². The monoisotopic (exact) mass is 455 g/mol. The first kappa shape index (κ1) is 22.0. The van der Waals surface area contributed by atoms with Crippen LogP contribution in [0.5, 0.6) is 0 Å². The first-order valence-corrected chi connectivity index (χ1v) is 10.8. The second kappa shape index (κ2) is 8.70. The van der Waals surface area contributed by atoms with Crippen molar-refractivity contribution in [2.24, 2.45) is 17.8 Å². The van der Waals surface area contributed by atoms with Crippen LogP contribution in [-0.2, 0) is 16.1 Å². The maximum absolute atomic E-state index is 13.5. The van der Waals surface area contributed by atoms with E-state index in [0.29, 0.717) is 29.3 Å². The Morgan fingerprint density at radius 3 is 2.44 bits per heavy atom. The number of carbonyl (C=O) groups excluding carboxylic acids is 3. The molecule has 2 fully saturated rings. The smallest absolute Gasteiger partial charge is 0.272 e. The van der Waals surface area contributed by atoms with Crippen LogP contribution in [0.3, 0.4) is 0 Å². The molecule has 9 heteroatoms. The lowest BCUT2D eigenvalue weighted by molar-refractivity contribution is -0.385. The highest BCUT2D eigenvalue weighted by Gasteiger charge is 2.52. The molecule has 166 valence electrons. The molecule has 1 heterocycles. The van der Waals surface area contributed by atoms with Crippen molar-refractivity contribution in [2.75, 3.05) is 0 Å². The molecule has 1 aliphatic heterocycles. The molecule has 0 bridgehead atoms. The van der Waals surface area contributed by atoms with Crippen LogP contribution in [0.25, 0.3) is 0 Å². The molecule has 0 N–H and O–H groups in total. The summed E-state index contributed by atoms with van der Waals surface area (Å²) in [6.45, 7) is 1.94. The zero-order valence-electron chi connectivity index (χ0n) is 17.4. The number of amides is 3. The molecule has 0 aromatic heterocycles. The van der Waals surface area contributed by atoms with Gasteiger partial charge in [-0.2, -0.15) is 5.01 Å². The van der Waals surface area contributed by atoms with Crippen LogP contribution >= 0.6 is 11.6 Å². The predicted octanol–water partition coefficient (Wildman–Crippen LogP) is 4.23. The highest BCUT2D eigenvalue weighted by atomic mass is 35.5. The number of halogens is 1. The van der Waals surface area contributed by atoms with Crippen LogP contribution in [0.15, 0.2) is 48.5 Å². The fourth-order valence-corrected chi connectivity index (χ4v) is 4.68. The van der Waals surface area contributed by atoms with Crippen LogP contribution in [0, 0.1) is 27.9 Å². The predicted molar refractivity (Wildman–Crippen MR) is 116 cm³/mol. The maximum atomic E-state index is 13.5. The molecule has 3 amide bonds. The van der Waals surface area contributed by atoms with E-state index in [-0.39, 0.29) is 17.8 Å². The third kappa shape index (κ3) is 3.98. The molecular formula is C23H22ClN3O5. The fourth-order valence-electron chi connectivity index (χ4n) is 4.56. The third-order valence-electron chi connectivity index (χ3n) is 6.22. The van der Waals surface area contributed by atoms with E-state index in [1.54, 1.807) is 24.3 Å². The number of hydrogen-bond acceptors (Lipinski definition) is 5. The summed E-state index contributed by atoms with van der Waals surface area (Å²) in [6, 6.07) is 12.2. The maximum Gasteiger partial charge on any atom is 0.282 e. The third-order valence-corrected chi connectivity index (χ3v) is 6.47. The summed E-state index contributed by atoms with van der Waals surface area (Å²) in [4.78, 5) is 50.9. The molecule has 32 heavy (non-hydrogen) atoms. The van der Waals surface area contributed by atoms with Gasteiger partial charge in [0.2, 0.25) is 0 Å². The SMILES string of the molecule is C[C@@H]1CC[C@H]2C(=O)N(N(Cc3ccc(Cl)cc3)C(=O)c3ccccc3[N+](=O)[O-])C(=O)[C@H]2C1. The van der Waals surface area contributed by atoms with Crippen molar-refractivity contribution in [3.63, 3.8) is 0 Å². The van der Waals surface area contributed by atoms with Crippen LogP contribution in [0.2, 0.25) is 5.02 Å². The second-order valence-electron chi connectivity index (χ2n) is 8.38. The van der Waals surface area contributed by atoms with E-state index in [9.17, 15) is 24.5 Å². The molecular weight excluding hydrogens is 434 g/mol. The van der Waals surface area contributed by atoms with Crippen molar-refractivity contribution >= 4 is 35.0 Å². The molecule has 2 aromatic rings. The lowest BCUT2D eigenvalue weighted by Gasteiger charge is -2.30. The number of para-hydroxylation sites is 1. The average Bonchev–Trinajstić information content (AvgIpc) is 3.02. The van der Waals surface area contributed by atoms with Gasteiger partial charge < -0.3 is 0 Å². The summed E-state index contributed by atoms with van der Waals surface area (Å²) < 4.78 is 0. The van der Waals surface area contributed by atoms with Crippen LogP contribution in [0.1, 0.15) is 42.1 Å². The number of nitrogens with zero attached hydrogens (tertiary/aromatic N) is 3. The highest BCUT2D eigenvalue weighted by molar-refractivity contribution is 6.30. The molecule has 2 aromatic carbocycles. The van der Waals surface area contributed by atoms with Gasteiger partial charge in [0.05, 0.1) is 23.3 Å². The molecule has 1 saturated heterocycles. The first-order valence-electron chi connectivity index (χ1n) is 10.5. The Balaban J connectivity index is 1.75. The van der Waals surface area contributed by atoms with Crippen LogP contribution in [0.4, 0.5) is 5.69 Å². The average molecular weight is 456 g/mol. The molecule has 3 atom stereocenters. The summed E-state index contributed by atoms with van der Waals surface area (Å²) in [5.41, 5.74) is 0.0595. The molecule has 8 nitrogen and oxygen atoms in total. The van der Waals surface area contributed by atoms with Crippen molar-refractivity contribution < 1.29 is 19.3 Å². The zero-order valence-corrected chi connectivity index (χ0v) is 18.2. The van der Waals surface area contributed by atoms with E-state index in [4.69, 9.17) is 11.6 Å².